The van der Waals surface area contributed by atoms with Gasteiger partial charge in [0.15, 0.2) is 5.76 Å². The number of nitrogens with zero attached hydrogens (tertiary/aromatic N) is 2. The van der Waals surface area contributed by atoms with Crippen LogP contribution in [0.4, 0.5) is 0 Å². The molecule has 4 nitrogen and oxygen atoms in total. The summed E-state index contributed by atoms with van der Waals surface area (Å²) < 4.78 is 5.20. The average molecular weight is 312 g/mol. The van der Waals surface area contributed by atoms with Crippen LogP contribution >= 0.6 is 0 Å². The Morgan fingerprint density at radius 2 is 1.78 bits per heavy atom. The summed E-state index contributed by atoms with van der Waals surface area (Å²) in [5.41, 5.74) is 2.71. The van der Waals surface area contributed by atoms with Gasteiger partial charge in [0, 0.05) is 32.7 Å². The third-order valence-corrected chi connectivity index (χ3v) is 4.44. The highest BCUT2D eigenvalue weighted by Gasteiger charge is 2.23. The van der Waals surface area contributed by atoms with Crippen molar-refractivity contribution in [2.24, 2.45) is 0 Å². The van der Waals surface area contributed by atoms with Crippen LogP contribution < -0.4 is 0 Å². The Kier molecular flexibility index (Phi) is 4.82. The summed E-state index contributed by atoms with van der Waals surface area (Å²) in [4.78, 5) is 16.5. The third kappa shape index (κ3) is 3.82. The maximum Gasteiger partial charge on any atom is 0.289 e. The molecule has 0 atom stereocenters. The average Bonchev–Trinajstić information content (AvgIpc) is 3.10. The van der Waals surface area contributed by atoms with Gasteiger partial charge in [-0.1, -0.05) is 38.1 Å². The molecule has 1 aromatic heterocycles. The first-order chi connectivity index (χ1) is 11.1. The van der Waals surface area contributed by atoms with E-state index in [0.29, 0.717) is 11.7 Å². The number of hydrogen-bond acceptors (Lipinski definition) is 3. The molecule has 1 saturated heterocycles. The second-order valence-electron chi connectivity index (χ2n) is 6.44. The summed E-state index contributed by atoms with van der Waals surface area (Å²) in [5.74, 6) is 0.999. The lowest BCUT2D eigenvalue weighted by atomic mass is 10.0. The molecule has 0 saturated carbocycles. The van der Waals surface area contributed by atoms with Crippen LogP contribution in [-0.2, 0) is 6.54 Å². The van der Waals surface area contributed by atoms with E-state index >= 15 is 0 Å². The van der Waals surface area contributed by atoms with Gasteiger partial charge in [-0.25, -0.2) is 0 Å². The Hall–Kier alpha value is -2.07. The zero-order valence-corrected chi connectivity index (χ0v) is 13.9. The lowest BCUT2D eigenvalue weighted by Gasteiger charge is -2.34. The summed E-state index contributed by atoms with van der Waals surface area (Å²) >= 11 is 0. The molecular formula is C19H24N2O2. The van der Waals surface area contributed by atoms with Gasteiger partial charge in [0.1, 0.15) is 0 Å². The molecule has 0 radical (unpaired) electrons. The van der Waals surface area contributed by atoms with E-state index in [9.17, 15) is 4.79 Å². The third-order valence-electron chi connectivity index (χ3n) is 4.44. The minimum atomic E-state index is -0.00376. The minimum Gasteiger partial charge on any atom is -0.459 e. The Labute approximate surface area is 137 Å². The number of carbonyl (C=O) groups excluding carboxylic acids is 1. The highest BCUT2D eigenvalue weighted by atomic mass is 16.3. The monoisotopic (exact) mass is 312 g/mol. The largest absolute Gasteiger partial charge is 0.459 e. The summed E-state index contributed by atoms with van der Waals surface area (Å²) in [7, 11) is 0. The van der Waals surface area contributed by atoms with Gasteiger partial charge in [-0.15, -0.1) is 0 Å². The van der Waals surface area contributed by atoms with Crippen LogP contribution in [0.3, 0.4) is 0 Å². The SMILES string of the molecule is CC(C)c1ccc(CN2CCN(C(=O)c3ccco3)CC2)cc1. The van der Waals surface area contributed by atoms with E-state index in [0.717, 1.165) is 32.7 Å². The van der Waals surface area contributed by atoms with Crippen LogP contribution in [0.5, 0.6) is 0 Å². The predicted octanol–water partition coefficient (Wildman–Crippen LogP) is 3.36. The number of hydrogen-bond donors (Lipinski definition) is 0. The van der Waals surface area contributed by atoms with Crippen LogP contribution in [0.15, 0.2) is 47.1 Å². The van der Waals surface area contributed by atoms with Crippen LogP contribution in [0.1, 0.15) is 41.4 Å². The van der Waals surface area contributed by atoms with E-state index in [2.05, 4.69) is 43.0 Å². The van der Waals surface area contributed by atoms with Crippen LogP contribution in [0.25, 0.3) is 0 Å². The molecule has 0 bridgehead atoms. The van der Waals surface area contributed by atoms with Crippen LogP contribution in [-0.4, -0.2) is 41.9 Å². The second kappa shape index (κ2) is 7.01. The van der Waals surface area contributed by atoms with Gasteiger partial charge in [-0.2, -0.15) is 0 Å². The molecule has 2 heterocycles. The standard InChI is InChI=1S/C19H24N2O2/c1-15(2)17-7-5-16(6-8-17)14-20-9-11-21(12-10-20)19(22)18-4-3-13-23-18/h3-8,13,15H,9-12,14H2,1-2H3. The number of amides is 1. The molecule has 0 N–H and O–H groups in total. The van der Waals surface area contributed by atoms with Crippen LogP contribution in [0, 0.1) is 0 Å². The van der Waals surface area contributed by atoms with Crippen LogP contribution in [0.2, 0.25) is 0 Å². The lowest BCUT2D eigenvalue weighted by molar-refractivity contribution is 0.0598. The molecule has 2 aromatic rings. The Morgan fingerprint density at radius 3 is 2.35 bits per heavy atom. The molecule has 4 heteroatoms. The molecule has 0 unspecified atom stereocenters. The molecule has 1 fully saturated rings. The highest BCUT2D eigenvalue weighted by molar-refractivity contribution is 5.91. The van der Waals surface area contributed by atoms with Crippen molar-refractivity contribution < 1.29 is 9.21 Å². The Morgan fingerprint density at radius 1 is 1.09 bits per heavy atom. The molecular weight excluding hydrogens is 288 g/mol. The molecule has 1 aliphatic rings. The summed E-state index contributed by atoms with van der Waals surface area (Å²) in [5, 5.41) is 0. The van der Waals surface area contributed by atoms with Crippen molar-refractivity contribution in [3.05, 3.63) is 59.5 Å². The predicted molar refractivity (Wildman–Crippen MR) is 90.4 cm³/mol. The second-order valence-corrected chi connectivity index (χ2v) is 6.44. The maximum atomic E-state index is 12.2. The number of carbonyl (C=O) groups is 1. The van der Waals surface area contributed by atoms with Gasteiger partial charge in [0.2, 0.25) is 0 Å². The van der Waals surface area contributed by atoms with Gasteiger partial charge in [-0.3, -0.25) is 9.69 Å². The minimum absolute atomic E-state index is 0.00376. The Bertz CT molecular complexity index is 624. The van der Waals surface area contributed by atoms with Crippen molar-refractivity contribution in [2.45, 2.75) is 26.3 Å². The first kappa shape index (κ1) is 15.8. The number of piperazine rings is 1. The number of benzene rings is 1. The maximum absolute atomic E-state index is 12.2. The zero-order valence-electron chi connectivity index (χ0n) is 13.9. The fraction of sp³-hybridized carbons (Fsp3) is 0.421. The van der Waals surface area contributed by atoms with Crippen molar-refractivity contribution in [1.82, 2.24) is 9.80 Å². The van der Waals surface area contributed by atoms with Crippen molar-refractivity contribution >= 4 is 5.91 Å². The number of furan rings is 1. The lowest BCUT2D eigenvalue weighted by Crippen LogP contribution is -2.48. The van der Waals surface area contributed by atoms with E-state index in [-0.39, 0.29) is 5.91 Å². The van der Waals surface area contributed by atoms with E-state index < -0.39 is 0 Å². The van der Waals surface area contributed by atoms with Gasteiger partial charge < -0.3 is 9.32 Å². The fourth-order valence-electron chi connectivity index (χ4n) is 2.93. The molecule has 1 aromatic carbocycles. The molecule has 3 rings (SSSR count). The smallest absolute Gasteiger partial charge is 0.289 e. The molecule has 0 spiro atoms. The molecule has 23 heavy (non-hydrogen) atoms. The molecule has 1 aliphatic heterocycles. The van der Waals surface area contributed by atoms with Gasteiger partial charge >= 0.3 is 0 Å². The van der Waals surface area contributed by atoms with Crippen molar-refractivity contribution in [1.29, 1.82) is 0 Å². The van der Waals surface area contributed by atoms with E-state index in [4.69, 9.17) is 4.42 Å². The Balaban J connectivity index is 1.52. The molecule has 1 amide bonds. The quantitative estimate of drug-likeness (QED) is 0.868. The van der Waals surface area contributed by atoms with E-state index in [1.807, 2.05) is 4.90 Å². The molecule has 122 valence electrons. The van der Waals surface area contributed by atoms with Gasteiger partial charge in [0.05, 0.1) is 6.26 Å². The first-order valence-electron chi connectivity index (χ1n) is 8.27. The first-order valence-corrected chi connectivity index (χ1v) is 8.27. The van der Waals surface area contributed by atoms with E-state index in [1.54, 1.807) is 18.4 Å². The van der Waals surface area contributed by atoms with Crippen molar-refractivity contribution in [2.75, 3.05) is 26.2 Å². The van der Waals surface area contributed by atoms with Gasteiger partial charge in [0.25, 0.3) is 5.91 Å². The summed E-state index contributed by atoms with van der Waals surface area (Å²) in [6.07, 6.45) is 1.55. The molecule has 0 aliphatic carbocycles. The summed E-state index contributed by atoms with van der Waals surface area (Å²) in [6.45, 7) is 8.68. The van der Waals surface area contributed by atoms with Gasteiger partial charge in [-0.05, 0) is 29.2 Å². The van der Waals surface area contributed by atoms with Crippen molar-refractivity contribution in [3.63, 3.8) is 0 Å². The normalized spacial score (nSPS) is 16.0. The topological polar surface area (TPSA) is 36.7 Å². The zero-order chi connectivity index (χ0) is 16.2. The summed E-state index contributed by atoms with van der Waals surface area (Å²) in [6, 6.07) is 12.4. The van der Waals surface area contributed by atoms with Crippen molar-refractivity contribution in [3.8, 4) is 0 Å². The van der Waals surface area contributed by atoms with E-state index in [1.165, 1.54) is 11.1 Å². The number of rotatable bonds is 4. The highest BCUT2D eigenvalue weighted by Crippen LogP contribution is 2.16. The fourth-order valence-corrected chi connectivity index (χ4v) is 2.93.